The SMILES string of the molecule is CC.CC(C)(C)OC(=O)NC1=NC2(c3cc(NC(=O)c4ccc(C#N)cn4)ccc3F)CCCC2CS1. The molecule has 2 heterocycles. The Kier molecular flexibility index (Phi) is 8.92. The number of thioether (sulfide) groups is 1. The summed E-state index contributed by atoms with van der Waals surface area (Å²) in [7, 11) is 0. The van der Waals surface area contributed by atoms with Crippen molar-refractivity contribution in [3.05, 3.63) is 59.2 Å². The van der Waals surface area contributed by atoms with E-state index < -0.39 is 29.0 Å². The van der Waals surface area contributed by atoms with Gasteiger partial charge < -0.3 is 10.1 Å². The van der Waals surface area contributed by atoms with Crippen molar-refractivity contribution in [2.24, 2.45) is 10.9 Å². The van der Waals surface area contributed by atoms with Crippen molar-refractivity contribution in [3.8, 4) is 6.07 Å². The number of aliphatic imine (C=N–C) groups is 1. The molecule has 0 bridgehead atoms. The summed E-state index contributed by atoms with van der Waals surface area (Å²) in [5.74, 6) is -0.113. The first kappa shape index (κ1) is 28.1. The van der Waals surface area contributed by atoms with Crippen molar-refractivity contribution in [1.82, 2.24) is 10.3 Å². The summed E-state index contributed by atoms with van der Waals surface area (Å²) in [4.78, 5) is 33.8. The van der Waals surface area contributed by atoms with Crippen LogP contribution in [0.3, 0.4) is 0 Å². The van der Waals surface area contributed by atoms with E-state index in [0.29, 0.717) is 34.2 Å². The lowest BCUT2D eigenvalue weighted by atomic mass is 9.81. The van der Waals surface area contributed by atoms with Gasteiger partial charge >= 0.3 is 6.09 Å². The topological polar surface area (TPSA) is 116 Å². The number of anilines is 1. The molecule has 1 aliphatic carbocycles. The number of nitrogens with zero attached hydrogens (tertiary/aromatic N) is 3. The lowest BCUT2D eigenvalue weighted by Crippen LogP contribution is -2.42. The number of pyridine rings is 1. The van der Waals surface area contributed by atoms with Crippen LogP contribution in [0.25, 0.3) is 0 Å². The van der Waals surface area contributed by atoms with E-state index in [-0.39, 0.29) is 11.6 Å². The molecule has 1 aromatic carbocycles. The number of aromatic nitrogens is 1. The third-order valence-electron chi connectivity index (χ3n) is 5.93. The maximum atomic E-state index is 15.2. The zero-order chi connectivity index (χ0) is 27.2. The van der Waals surface area contributed by atoms with E-state index in [2.05, 4.69) is 15.6 Å². The van der Waals surface area contributed by atoms with Crippen molar-refractivity contribution in [2.75, 3.05) is 11.1 Å². The molecule has 2 amide bonds. The number of rotatable bonds is 3. The fourth-order valence-electron chi connectivity index (χ4n) is 4.42. The number of nitriles is 1. The van der Waals surface area contributed by atoms with Crippen molar-refractivity contribution < 1.29 is 18.7 Å². The Balaban J connectivity index is 0.00000186. The van der Waals surface area contributed by atoms with Gasteiger partial charge in [0.1, 0.15) is 23.2 Å². The van der Waals surface area contributed by atoms with Gasteiger partial charge in [0, 0.05) is 23.2 Å². The molecule has 2 N–H and O–H groups in total. The Labute approximate surface area is 221 Å². The van der Waals surface area contributed by atoms with Crippen LogP contribution in [-0.2, 0) is 10.3 Å². The first-order valence-corrected chi connectivity index (χ1v) is 13.3. The molecular formula is C27H32FN5O3S. The summed E-state index contributed by atoms with van der Waals surface area (Å²) in [5.41, 5.74) is -0.210. The van der Waals surface area contributed by atoms with E-state index in [1.165, 1.54) is 42.2 Å². The van der Waals surface area contributed by atoms with Crippen LogP contribution in [0.1, 0.15) is 75.5 Å². The summed E-state index contributed by atoms with van der Waals surface area (Å²) in [6.07, 6.45) is 3.11. The maximum absolute atomic E-state index is 15.2. The zero-order valence-corrected chi connectivity index (χ0v) is 22.5. The van der Waals surface area contributed by atoms with Crippen LogP contribution in [-0.4, -0.2) is 33.5 Å². The first-order chi connectivity index (χ1) is 17.6. The lowest BCUT2D eigenvalue weighted by molar-refractivity contribution is 0.0563. The number of alkyl carbamates (subject to hydrolysis) is 1. The van der Waals surface area contributed by atoms with Crippen molar-refractivity contribution in [2.45, 2.75) is 65.0 Å². The Morgan fingerprint density at radius 2 is 1.97 bits per heavy atom. The highest BCUT2D eigenvalue weighted by Crippen LogP contribution is 2.52. The Bertz CT molecular complexity index is 1220. The molecule has 2 atom stereocenters. The maximum Gasteiger partial charge on any atom is 0.413 e. The molecule has 0 radical (unpaired) electrons. The van der Waals surface area contributed by atoms with Gasteiger partial charge in [-0.05, 0) is 69.9 Å². The van der Waals surface area contributed by atoms with E-state index in [9.17, 15) is 9.59 Å². The first-order valence-electron chi connectivity index (χ1n) is 12.3. The predicted molar refractivity (Wildman–Crippen MR) is 143 cm³/mol. The monoisotopic (exact) mass is 525 g/mol. The molecule has 2 aromatic rings. The minimum atomic E-state index is -0.840. The smallest absolute Gasteiger partial charge is 0.413 e. The fourth-order valence-corrected chi connectivity index (χ4v) is 5.60. The highest BCUT2D eigenvalue weighted by atomic mass is 32.2. The number of hydrogen-bond donors (Lipinski definition) is 2. The molecule has 4 rings (SSSR count). The largest absolute Gasteiger partial charge is 0.444 e. The Hall–Kier alpha value is -3.45. The highest BCUT2D eigenvalue weighted by molar-refractivity contribution is 8.13. The molecule has 37 heavy (non-hydrogen) atoms. The van der Waals surface area contributed by atoms with Gasteiger partial charge in [-0.1, -0.05) is 32.0 Å². The molecule has 2 aliphatic rings. The van der Waals surface area contributed by atoms with Gasteiger partial charge in [-0.2, -0.15) is 5.26 Å². The Morgan fingerprint density at radius 3 is 2.62 bits per heavy atom. The van der Waals surface area contributed by atoms with Gasteiger partial charge in [0.15, 0.2) is 5.17 Å². The molecule has 196 valence electrons. The molecule has 1 fully saturated rings. The van der Waals surface area contributed by atoms with Crippen LogP contribution < -0.4 is 10.6 Å². The molecule has 10 heteroatoms. The van der Waals surface area contributed by atoms with Crippen LogP contribution in [0.15, 0.2) is 41.5 Å². The number of carbonyl (C=O) groups is 2. The van der Waals surface area contributed by atoms with E-state index >= 15 is 4.39 Å². The molecule has 0 saturated heterocycles. The van der Waals surface area contributed by atoms with Crippen LogP contribution in [0.4, 0.5) is 14.9 Å². The van der Waals surface area contributed by atoms with Crippen LogP contribution in [0, 0.1) is 23.1 Å². The average molecular weight is 526 g/mol. The van der Waals surface area contributed by atoms with E-state index in [4.69, 9.17) is 15.0 Å². The molecular weight excluding hydrogens is 493 g/mol. The van der Waals surface area contributed by atoms with Crippen LogP contribution in [0.5, 0.6) is 0 Å². The fraction of sp³-hybridized carbons (Fsp3) is 0.444. The van der Waals surface area contributed by atoms with Crippen molar-refractivity contribution in [1.29, 1.82) is 5.26 Å². The Morgan fingerprint density at radius 1 is 1.22 bits per heavy atom. The molecule has 1 saturated carbocycles. The van der Waals surface area contributed by atoms with Crippen LogP contribution in [0.2, 0.25) is 0 Å². The predicted octanol–water partition coefficient (Wildman–Crippen LogP) is 5.99. The van der Waals surface area contributed by atoms with Crippen LogP contribution >= 0.6 is 11.8 Å². The van der Waals surface area contributed by atoms with Gasteiger partial charge in [0.2, 0.25) is 0 Å². The highest BCUT2D eigenvalue weighted by Gasteiger charge is 2.48. The van der Waals surface area contributed by atoms with Crippen molar-refractivity contribution in [3.63, 3.8) is 0 Å². The number of benzene rings is 1. The summed E-state index contributed by atoms with van der Waals surface area (Å²) in [5, 5.41) is 14.8. The summed E-state index contributed by atoms with van der Waals surface area (Å²) in [6.45, 7) is 9.33. The van der Waals surface area contributed by atoms with Gasteiger partial charge in [0.05, 0.1) is 11.1 Å². The van der Waals surface area contributed by atoms with E-state index in [1.54, 1.807) is 26.8 Å². The molecule has 0 spiro atoms. The summed E-state index contributed by atoms with van der Waals surface area (Å²) >= 11 is 1.42. The molecule has 1 aromatic heterocycles. The van der Waals surface area contributed by atoms with Gasteiger partial charge in [-0.25, -0.2) is 14.2 Å². The van der Waals surface area contributed by atoms with E-state index in [1.807, 2.05) is 19.9 Å². The normalized spacial score (nSPS) is 20.4. The summed E-state index contributed by atoms with van der Waals surface area (Å²) < 4.78 is 20.5. The minimum absolute atomic E-state index is 0.0948. The molecule has 2 unspecified atom stereocenters. The zero-order valence-electron chi connectivity index (χ0n) is 21.7. The number of carbonyl (C=O) groups excluding carboxylic acids is 2. The van der Waals surface area contributed by atoms with E-state index in [0.717, 1.165) is 12.8 Å². The minimum Gasteiger partial charge on any atom is -0.444 e. The standard InChI is InChI=1S/C25H26FN5O3S.C2H6/c1-24(2,3)34-23(33)30-22-31-25(10-4-5-16(25)14-35-22)18-11-17(7-8-19(18)26)29-21(32)20-9-6-15(12-27)13-28-20;1-2/h6-9,11,13,16H,4-5,10,14H2,1-3H3,(H,29,32)(H,30,31,33);1-2H3. The third-order valence-corrected chi connectivity index (χ3v) is 6.97. The number of fused-ring (bicyclic) bond motifs is 1. The number of ether oxygens (including phenoxy) is 1. The van der Waals surface area contributed by atoms with Crippen molar-refractivity contribution >= 4 is 34.6 Å². The number of nitrogens with one attached hydrogen (secondary N) is 2. The number of amidine groups is 1. The number of amides is 2. The van der Waals surface area contributed by atoms with Gasteiger partial charge in [-0.15, -0.1) is 0 Å². The second-order valence-electron chi connectivity index (χ2n) is 9.56. The van der Waals surface area contributed by atoms with Gasteiger partial charge in [-0.3, -0.25) is 15.1 Å². The average Bonchev–Trinajstić information content (AvgIpc) is 3.29. The van der Waals surface area contributed by atoms with Gasteiger partial charge in [0.25, 0.3) is 5.91 Å². The molecule has 8 nitrogen and oxygen atoms in total. The second-order valence-corrected chi connectivity index (χ2v) is 10.6. The second kappa shape index (κ2) is 11.7. The molecule has 1 aliphatic heterocycles. The number of halogens is 1. The summed E-state index contributed by atoms with van der Waals surface area (Å²) in [6, 6.07) is 9.34. The quantitative estimate of drug-likeness (QED) is 0.508. The number of hydrogen-bond acceptors (Lipinski definition) is 7. The lowest BCUT2D eigenvalue weighted by Gasteiger charge is -2.37. The third kappa shape index (κ3) is 6.66.